The van der Waals surface area contributed by atoms with Crippen LogP contribution < -0.4 is 15.8 Å². The minimum absolute atomic E-state index is 0. The van der Waals surface area contributed by atoms with Crippen LogP contribution >= 0.6 is 12.4 Å². The Bertz CT molecular complexity index is 766. The molecule has 4 nitrogen and oxygen atoms in total. The minimum atomic E-state index is -4.50. The van der Waals surface area contributed by atoms with E-state index >= 15 is 0 Å². The molecule has 2 aromatic carbocycles. The number of hydrogen-bond donors (Lipinski definition) is 2. The molecular formula is C18H20ClF3N2O2. The molecule has 0 spiro atoms. The van der Waals surface area contributed by atoms with E-state index in [-0.39, 0.29) is 30.7 Å². The Labute approximate surface area is 155 Å². The molecule has 1 amide bonds. The zero-order valence-electron chi connectivity index (χ0n) is 14.3. The van der Waals surface area contributed by atoms with Crippen molar-refractivity contribution < 1.29 is 22.7 Å². The van der Waals surface area contributed by atoms with Crippen molar-refractivity contribution in [3.63, 3.8) is 0 Å². The number of benzene rings is 2. The predicted molar refractivity (Wildman–Crippen MR) is 96.7 cm³/mol. The molecule has 0 saturated heterocycles. The van der Waals surface area contributed by atoms with Crippen LogP contribution in [0.1, 0.15) is 28.4 Å². The molecule has 0 bridgehead atoms. The van der Waals surface area contributed by atoms with Crippen molar-refractivity contribution in [2.24, 2.45) is 0 Å². The minimum Gasteiger partial charge on any atom is -0.491 e. The molecule has 8 heteroatoms. The molecule has 2 rings (SSSR count). The number of amides is 1. The number of carbonyl (C=O) groups excluding carboxylic acids is 1. The molecule has 26 heavy (non-hydrogen) atoms. The van der Waals surface area contributed by atoms with Gasteiger partial charge in [-0.1, -0.05) is 18.2 Å². The molecule has 0 aliphatic carbocycles. The number of nitrogens with one attached hydrogen (secondary N) is 1. The van der Waals surface area contributed by atoms with Gasteiger partial charge in [0.25, 0.3) is 5.91 Å². The van der Waals surface area contributed by atoms with Crippen LogP contribution in [0.15, 0.2) is 42.5 Å². The van der Waals surface area contributed by atoms with Crippen molar-refractivity contribution in [1.82, 2.24) is 5.32 Å². The first-order valence-electron chi connectivity index (χ1n) is 7.64. The summed E-state index contributed by atoms with van der Waals surface area (Å²) in [7, 11) is 0. The van der Waals surface area contributed by atoms with Gasteiger partial charge >= 0.3 is 6.18 Å². The summed E-state index contributed by atoms with van der Waals surface area (Å²) in [6, 6.07) is 9.44. The maximum atomic E-state index is 12.9. The number of rotatable bonds is 5. The number of ether oxygens (including phenoxy) is 1. The van der Waals surface area contributed by atoms with Crippen LogP contribution in [-0.4, -0.2) is 18.6 Å². The highest BCUT2D eigenvalue weighted by Crippen LogP contribution is 2.35. The number of halogens is 4. The second-order valence-electron chi connectivity index (χ2n) is 5.75. The lowest BCUT2D eigenvalue weighted by molar-refractivity contribution is -0.139. The highest BCUT2D eigenvalue weighted by Gasteiger charge is 2.34. The number of nitrogens with two attached hydrogens (primary N) is 1. The molecule has 0 heterocycles. The number of carbonyl (C=O) groups is 1. The van der Waals surface area contributed by atoms with Gasteiger partial charge in [-0.15, -0.1) is 12.4 Å². The van der Waals surface area contributed by atoms with Crippen molar-refractivity contribution in [3.05, 3.63) is 59.2 Å². The Kier molecular flexibility index (Phi) is 7.32. The standard InChI is InChI=1S/C18H19F3N2O2.ClH/c1-11-7-8-13(22)9-14(11)17(24)23-12(2)10-25-16-6-4-3-5-15(16)18(19,20)21;/h3-9,12H,10,22H2,1-2H3,(H,23,24);1H. The second kappa shape index (κ2) is 8.80. The molecule has 3 N–H and O–H groups in total. The Morgan fingerprint density at radius 1 is 1.23 bits per heavy atom. The van der Waals surface area contributed by atoms with Crippen LogP contribution in [0.2, 0.25) is 0 Å². The van der Waals surface area contributed by atoms with Gasteiger partial charge in [0.05, 0.1) is 11.6 Å². The van der Waals surface area contributed by atoms with Crippen molar-refractivity contribution >= 4 is 24.0 Å². The van der Waals surface area contributed by atoms with E-state index in [1.165, 1.54) is 18.2 Å². The van der Waals surface area contributed by atoms with Crippen LogP contribution in [0.4, 0.5) is 18.9 Å². The van der Waals surface area contributed by atoms with Gasteiger partial charge < -0.3 is 15.8 Å². The maximum absolute atomic E-state index is 12.9. The largest absolute Gasteiger partial charge is 0.491 e. The zero-order valence-corrected chi connectivity index (χ0v) is 15.1. The SMILES string of the molecule is Cc1ccc(N)cc1C(=O)NC(C)COc1ccccc1C(F)(F)F.Cl. The molecule has 2 aromatic rings. The van der Waals surface area contributed by atoms with Gasteiger partial charge in [0.2, 0.25) is 0 Å². The summed E-state index contributed by atoms with van der Waals surface area (Å²) in [4.78, 5) is 12.3. The first-order valence-corrected chi connectivity index (χ1v) is 7.64. The third-order valence-electron chi connectivity index (χ3n) is 3.57. The van der Waals surface area contributed by atoms with Gasteiger partial charge in [0, 0.05) is 11.3 Å². The normalized spacial score (nSPS) is 12.0. The molecule has 0 fully saturated rings. The summed E-state index contributed by atoms with van der Waals surface area (Å²) in [5.41, 5.74) is 6.46. The summed E-state index contributed by atoms with van der Waals surface area (Å²) in [6.07, 6.45) is -4.50. The molecule has 142 valence electrons. The van der Waals surface area contributed by atoms with Crippen molar-refractivity contribution in [2.75, 3.05) is 12.3 Å². The van der Waals surface area contributed by atoms with E-state index in [4.69, 9.17) is 10.5 Å². The lowest BCUT2D eigenvalue weighted by Gasteiger charge is -2.18. The third-order valence-corrected chi connectivity index (χ3v) is 3.57. The summed E-state index contributed by atoms with van der Waals surface area (Å²) in [5, 5.41) is 2.69. The highest BCUT2D eigenvalue weighted by atomic mass is 35.5. The maximum Gasteiger partial charge on any atom is 0.419 e. The van der Waals surface area contributed by atoms with Gasteiger partial charge in [-0.2, -0.15) is 13.2 Å². The van der Waals surface area contributed by atoms with E-state index in [1.54, 1.807) is 32.0 Å². The number of aryl methyl sites for hydroxylation is 1. The highest BCUT2D eigenvalue weighted by molar-refractivity contribution is 5.96. The number of nitrogen functional groups attached to an aromatic ring is 1. The van der Waals surface area contributed by atoms with Gasteiger partial charge in [-0.05, 0) is 43.7 Å². The Morgan fingerprint density at radius 2 is 1.88 bits per heavy atom. The van der Waals surface area contributed by atoms with E-state index in [9.17, 15) is 18.0 Å². The Hall–Kier alpha value is -2.41. The Morgan fingerprint density at radius 3 is 2.54 bits per heavy atom. The van der Waals surface area contributed by atoms with Crippen molar-refractivity contribution in [3.8, 4) is 5.75 Å². The quantitative estimate of drug-likeness (QED) is 0.754. The van der Waals surface area contributed by atoms with E-state index in [0.29, 0.717) is 11.3 Å². The van der Waals surface area contributed by atoms with Crippen LogP contribution in [0.5, 0.6) is 5.75 Å². The van der Waals surface area contributed by atoms with E-state index in [1.807, 2.05) is 0 Å². The monoisotopic (exact) mass is 388 g/mol. The average Bonchev–Trinajstić information content (AvgIpc) is 2.54. The predicted octanol–water partition coefficient (Wildman–Crippen LogP) is 4.22. The smallest absolute Gasteiger partial charge is 0.419 e. The summed E-state index contributed by atoms with van der Waals surface area (Å²) in [6.45, 7) is 3.32. The average molecular weight is 389 g/mol. The fraction of sp³-hybridized carbons (Fsp3) is 0.278. The molecular weight excluding hydrogens is 369 g/mol. The summed E-state index contributed by atoms with van der Waals surface area (Å²) in [5.74, 6) is -0.624. The van der Waals surface area contributed by atoms with E-state index in [2.05, 4.69) is 5.32 Å². The van der Waals surface area contributed by atoms with Gasteiger partial charge in [0.15, 0.2) is 0 Å². The van der Waals surface area contributed by atoms with E-state index in [0.717, 1.165) is 11.6 Å². The van der Waals surface area contributed by atoms with Crippen LogP contribution in [0.3, 0.4) is 0 Å². The van der Waals surface area contributed by atoms with Crippen molar-refractivity contribution in [2.45, 2.75) is 26.1 Å². The Balaban J connectivity index is 0.00000338. The first kappa shape index (κ1) is 21.6. The molecule has 1 unspecified atom stereocenters. The fourth-order valence-corrected chi connectivity index (χ4v) is 2.27. The molecule has 1 atom stereocenters. The third kappa shape index (κ3) is 5.56. The molecule has 0 radical (unpaired) electrons. The molecule has 0 saturated carbocycles. The fourth-order valence-electron chi connectivity index (χ4n) is 2.27. The van der Waals surface area contributed by atoms with Crippen molar-refractivity contribution in [1.29, 1.82) is 0 Å². The summed E-state index contributed by atoms with van der Waals surface area (Å²) >= 11 is 0. The summed E-state index contributed by atoms with van der Waals surface area (Å²) < 4.78 is 44.0. The van der Waals surface area contributed by atoms with Crippen LogP contribution in [0.25, 0.3) is 0 Å². The van der Waals surface area contributed by atoms with Crippen LogP contribution in [-0.2, 0) is 6.18 Å². The number of para-hydroxylation sites is 1. The van der Waals surface area contributed by atoms with E-state index < -0.39 is 17.8 Å². The first-order chi connectivity index (χ1) is 11.7. The number of hydrogen-bond acceptors (Lipinski definition) is 3. The molecule has 0 aliphatic heterocycles. The topological polar surface area (TPSA) is 64.4 Å². The lowest BCUT2D eigenvalue weighted by Crippen LogP contribution is -2.37. The second-order valence-corrected chi connectivity index (χ2v) is 5.75. The lowest BCUT2D eigenvalue weighted by atomic mass is 10.1. The number of anilines is 1. The van der Waals surface area contributed by atoms with Gasteiger partial charge in [-0.25, -0.2) is 0 Å². The molecule has 0 aromatic heterocycles. The van der Waals surface area contributed by atoms with Gasteiger partial charge in [0.1, 0.15) is 12.4 Å². The van der Waals surface area contributed by atoms with Gasteiger partial charge in [-0.3, -0.25) is 4.79 Å². The molecule has 0 aliphatic rings. The zero-order chi connectivity index (χ0) is 18.6. The number of alkyl halides is 3. The van der Waals surface area contributed by atoms with Crippen LogP contribution in [0, 0.1) is 6.92 Å².